The van der Waals surface area contributed by atoms with Crippen molar-refractivity contribution in [1.29, 1.82) is 0 Å². The number of aliphatic carboxylic acids is 1. The molecule has 2 N–H and O–H groups in total. The summed E-state index contributed by atoms with van der Waals surface area (Å²) in [6.07, 6.45) is 0. The predicted molar refractivity (Wildman–Crippen MR) is 74.3 cm³/mol. The summed E-state index contributed by atoms with van der Waals surface area (Å²) in [7, 11) is 0. The number of carbonyl (C=O) groups excluding carboxylic acids is 1. The van der Waals surface area contributed by atoms with E-state index >= 15 is 0 Å². The minimum absolute atomic E-state index is 0.436. The fraction of sp³-hybridized carbons (Fsp3) is 0.429. The highest BCUT2D eigenvalue weighted by Crippen LogP contribution is 2.31. The summed E-state index contributed by atoms with van der Waals surface area (Å²) in [5, 5.41) is 11.2. The fourth-order valence-electron chi connectivity index (χ4n) is 1.47. The van der Waals surface area contributed by atoms with Gasteiger partial charge in [0.2, 0.25) is 0 Å². The van der Waals surface area contributed by atoms with Crippen LogP contribution in [0.15, 0.2) is 12.1 Å². The van der Waals surface area contributed by atoms with E-state index in [9.17, 15) is 23.5 Å². The van der Waals surface area contributed by atoms with Gasteiger partial charge in [-0.1, -0.05) is 11.6 Å². The van der Waals surface area contributed by atoms with Crippen LogP contribution in [0.1, 0.15) is 38.1 Å². The molecule has 0 aliphatic carbocycles. The molecule has 1 aromatic carbocycles. The van der Waals surface area contributed by atoms with Crippen LogP contribution in [0.5, 0.6) is 0 Å². The van der Waals surface area contributed by atoms with Crippen molar-refractivity contribution in [1.82, 2.24) is 5.32 Å². The van der Waals surface area contributed by atoms with Crippen molar-refractivity contribution >= 4 is 23.5 Å². The number of carboxylic acids is 1. The third-order valence-corrected chi connectivity index (χ3v) is 4.07. The molecule has 0 atom stereocenters. The van der Waals surface area contributed by atoms with Gasteiger partial charge in [-0.15, -0.1) is 0 Å². The molecule has 21 heavy (non-hydrogen) atoms. The van der Waals surface area contributed by atoms with E-state index in [1.54, 1.807) is 0 Å². The third kappa shape index (κ3) is 3.32. The molecule has 1 aromatic rings. The summed E-state index contributed by atoms with van der Waals surface area (Å²) in [5.41, 5.74) is -3.05. The maximum Gasteiger partial charge on any atom is 0.311 e. The van der Waals surface area contributed by atoms with Crippen LogP contribution in [0.4, 0.5) is 8.78 Å². The summed E-state index contributed by atoms with van der Waals surface area (Å²) >= 11 is 5.41. The summed E-state index contributed by atoms with van der Waals surface area (Å²) in [4.78, 5) is 23.3. The van der Waals surface area contributed by atoms with E-state index in [0.717, 1.165) is 0 Å². The van der Waals surface area contributed by atoms with E-state index in [4.69, 9.17) is 11.6 Å². The molecule has 7 heteroatoms. The zero-order valence-corrected chi connectivity index (χ0v) is 12.8. The lowest BCUT2D eigenvalue weighted by molar-refractivity contribution is -0.150. The van der Waals surface area contributed by atoms with Gasteiger partial charge < -0.3 is 10.4 Å². The molecule has 0 aliphatic heterocycles. The van der Waals surface area contributed by atoms with E-state index in [1.165, 1.54) is 27.7 Å². The van der Waals surface area contributed by atoms with Crippen molar-refractivity contribution in [3.63, 3.8) is 0 Å². The monoisotopic (exact) mass is 319 g/mol. The zero-order valence-electron chi connectivity index (χ0n) is 12.1. The van der Waals surface area contributed by atoms with E-state index in [2.05, 4.69) is 5.32 Å². The maximum atomic E-state index is 13.7. The van der Waals surface area contributed by atoms with Gasteiger partial charge in [0, 0.05) is 0 Å². The van der Waals surface area contributed by atoms with Crippen molar-refractivity contribution in [2.45, 2.75) is 33.2 Å². The number of halogens is 3. The topological polar surface area (TPSA) is 66.4 Å². The number of rotatable bonds is 4. The molecule has 0 aromatic heterocycles. The Morgan fingerprint density at radius 1 is 1.14 bits per heavy atom. The van der Waals surface area contributed by atoms with E-state index in [0.29, 0.717) is 12.1 Å². The Hall–Kier alpha value is -1.69. The number of carbonyl (C=O) groups is 2. The SMILES string of the molecule is CC(C)(NC(=O)c1cc(F)c(Cl)cc1F)C(C)(C)C(=O)O. The van der Waals surface area contributed by atoms with Crippen molar-refractivity contribution in [2.75, 3.05) is 0 Å². The quantitative estimate of drug-likeness (QED) is 0.837. The van der Waals surface area contributed by atoms with Crippen LogP contribution < -0.4 is 5.32 Å². The van der Waals surface area contributed by atoms with E-state index < -0.39 is 45.1 Å². The molecule has 1 amide bonds. The van der Waals surface area contributed by atoms with Gasteiger partial charge in [-0.25, -0.2) is 8.78 Å². The lowest BCUT2D eigenvalue weighted by atomic mass is 9.74. The van der Waals surface area contributed by atoms with Gasteiger partial charge in [-0.2, -0.15) is 0 Å². The Morgan fingerprint density at radius 3 is 2.14 bits per heavy atom. The first-order valence-electron chi connectivity index (χ1n) is 6.10. The first-order valence-corrected chi connectivity index (χ1v) is 6.48. The highest BCUT2D eigenvalue weighted by Gasteiger charge is 2.44. The number of nitrogens with one attached hydrogen (secondary N) is 1. The molecule has 0 radical (unpaired) electrons. The molecule has 0 unspecified atom stereocenters. The number of hydrogen-bond donors (Lipinski definition) is 2. The van der Waals surface area contributed by atoms with Gasteiger partial charge >= 0.3 is 5.97 Å². The van der Waals surface area contributed by atoms with Crippen LogP contribution in [0, 0.1) is 17.0 Å². The Balaban J connectivity index is 3.12. The second-order valence-electron chi connectivity index (χ2n) is 5.76. The number of benzene rings is 1. The van der Waals surface area contributed by atoms with Crippen molar-refractivity contribution < 1.29 is 23.5 Å². The van der Waals surface area contributed by atoms with Crippen LogP contribution in [-0.4, -0.2) is 22.5 Å². The Bertz CT molecular complexity index is 600. The Morgan fingerprint density at radius 2 is 1.67 bits per heavy atom. The zero-order chi connectivity index (χ0) is 16.6. The molecular formula is C14H16ClF2NO3. The average molecular weight is 320 g/mol. The summed E-state index contributed by atoms with van der Waals surface area (Å²) in [6, 6.07) is 1.37. The van der Waals surface area contributed by atoms with Gasteiger partial charge in [0.05, 0.1) is 21.5 Å². The van der Waals surface area contributed by atoms with Crippen LogP contribution in [0.2, 0.25) is 5.02 Å². The molecule has 0 heterocycles. The normalized spacial score (nSPS) is 12.1. The molecule has 0 bridgehead atoms. The van der Waals surface area contributed by atoms with Crippen molar-refractivity contribution in [2.24, 2.45) is 5.41 Å². The largest absolute Gasteiger partial charge is 0.481 e. The highest BCUT2D eigenvalue weighted by atomic mass is 35.5. The van der Waals surface area contributed by atoms with E-state index in [-0.39, 0.29) is 0 Å². The summed E-state index contributed by atoms with van der Waals surface area (Å²) in [5.74, 6) is -3.96. The lowest BCUT2D eigenvalue weighted by Crippen LogP contribution is -2.57. The summed E-state index contributed by atoms with van der Waals surface area (Å²) < 4.78 is 27.0. The Labute approximate surface area is 126 Å². The smallest absolute Gasteiger partial charge is 0.311 e. The first kappa shape index (κ1) is 17.4. The van der Waals surface area contributed by atoms with Crippen molar-refractivity contribution in [3.8, 4) is 0 Å². The Kier molecular flexibility index (Phi) is 4.63. The van der Waals surface area contributed by atoms with Gasteiger partial charge in [-0.3, -0.25) is 9.59 Å². The van der Waals surface area contributed by atoms with Gasteiger partial charge in [-0.05, 0) is 39.8 Å². The molecule has 0 aliphatic rings. The molecule has 1 rings (SSSR count). The molecule has 0 spiro atoms. The minimum Gasteiger partial charge on any atom is -0.481 e. The second-order valence-corrected chi connectivity index (χ2v) is 6.16. The molecule has 4 nitrogen and oxygen atoms in total. The molecule has 0 saturated carbocycles. The van der Waals surface area contributed by atoms with Crippen LogP contribution in [0.25, 0.3) is 0 Å². The first-order chi connectivity index (χ1) is 9.40. The minimum atomic E-state index is -1.32. The van der Waals surface area contributed by atoms with Gasteiger partial charge in [0.15, 0.2) is 0 Å². The maximum absolute atomic E-state index is 13.7. The van der Waals surface area contributed by atoms with Crippen LogP contribution >= 0.6 is 11.6 Å². The highest BCUT2D eigenvalue weighted by molar-refractivity contribution is 6.30. The molecule has 0 saturated heterocycles. The molecule has 0 fully saturated rings. The predicted octanol–water partition coefficient (Wildman–Crippen LogP) is 3.24. The standard InChI is InChI=1S/C14H16ClF2NO3/c1-13(2,12(20)21)14(3,4)18-11(19)7-5-10(17)8(15)6-9(7)16/h5-6H,1-4H3,(H,18,19)(H,20,21). The number of carboxylic acid groups (broad SMARTS) is 1. The average Bonchev–Trinajstić information content (AvgIpc) is 2.32. The van der Waals surface area contributed by atoms with Gasteiger partial charge in [0.1, 0.15) is 11.6 Å². The lowest BCUT2D eigenvalue weighted by Gasteiger charge is -2.38. The van der Waals surface area contributed by atoms with Crippen LogP contribution in [0.3, 0.4) is 0 Å². The molecule has 116 valence electrons. The van der Waals surface area contributed by atoms with Crippen LogP contribution in [-0.2, 0) is 4.79 Å². The third-order valence-electron chi connectivity index (χ3n) is 3.78. The summed E-state index contributed by atoms with van der Waals surface area (Å²) in [6.45, 7) is 5.83. The number of amides is 1. The van der Waals surface area contributed by atoms with Gasteiger partial charge in [0.25, 0.3) is 5.91 Å². The number of hydrogen-bond acceptors (Lipinski definition) is 2. The van der Waals surface area contributed by atoms with E-state index in [1.807, 2.05) is 0 Å². The fourth-order valence-corrected chi connectivity index (χ4v) is 1.62. The molecular weight excluding hydrogens is 304 g/mol. The second kappa shape index (κ2) is 5.60. The van der Waals surface area contributed by atoms with Crippen molar-refractivity contribution in [3.05, 3.63) is 34.4 Å².